The van der Waals surface area contributed by atoms with Gasteiger partial charge in [0.05, 0.1) is 12.5 Å². The molecule has 0 aliphatic heterocycles. The van der Waals surface area contributed by atoms with Crippen LogP contribution in [-0.2, 0) is 11.2 Å². The molecule has 1 atom stereocenters. The molecule has 0 bridgehead atoms. The van der Waals surface area contributed by atoms with Gasteiger partial charge in [0.25, 0.3) is 5.91 Å². The summed E-state index contributed by atoms with van der Waals surface area (Å²) in [6, 6.07) is 7.31. The van der Waals surface area contributed by atoms with Gasteiger partial charge in [-0.3, -0.25) is 9.59 Å². The van der Waals surface area contributed by atoms with Crippen molar-refractivity contribution in [3.8, 4) is 0 Å². The minimum Gasteiger partial charge on any atom is -0.392 e. The van der Waals surface area contributed by atoms with Crippen LogP contribution in [-0.4, -0.2) is 36.6 Å². The molecule has 0 saturated heterocycles. The van der Waals surface area contributed by atoms with Gasteiger partial charge in [-0.05, 0) is 30.0 Å². The molecule has 1 rings (SSSR count). The van der Waals surface area contributed by atoms with Crippen LogP contribution in [0, 0.1) is 5.92 Å². The third-order valence-electron chi connectivity index (χ3n) is 3.32. The van der Waals surface area contributed by atoms with Crippen LogP contribution in [0.25, 0.3) is 0 Å². The van der Waals surface area contributed by atoms with Crippen molar-refractivity contribution in [1.29, 1.82) is 0 Å². The number of aliphatic hydroxyl groups excluding tert-OH is 1. The van der Waals surface area contributed by atoms with E-state index in [9.17, 15) is 14.7 Å². The van der Waals surface area contributed by atoms with Crippen molar-refractivity contribution in [2.75, 3.05) is 13.6 Å². The third-order valence-corrected chi connectivity index (χ3v) is 3.32. The zero-order valence-corrected chi connectivity index (χ0v) is 12.8. The lowest BCUT2D eigenvalue weighted by molar-refractivity contribution is -0.123. The van der Waals surface area contributed by atoms with E-state index in [-0.39, 0.29) is 24.2 Å². The molecule has 0 saturated carbocycles. The molecule has 116 valence electrons. The molecule has 0 spiro atoms. The summed E-state index contributed by atoms with van der Waals surface area (Å²) in [6.07, 6.45) is 0.158. The van der Waals surface area contributed by atoms with Gasteiger partial charge in [0.1, 0.15) is 0 Å². The van der Waals surface area contributed by atoms with E-state index in [0.717, 1.165) is 5.56 Å². The third kappa shape index (κ3) is 5.95. The van der Waals surface area contributed by atoms with Crippen LogP contribution in [0.2, 0.25) is 0 Å². The molecule has 1 unspecified atom stereocenters. The summed E-state index contributed by atoms with van der Waals surface area (Å²) in [7, 11) is 1.59. The van der Waals surface area contributed by atoms with E-state index >= 15 is 0 Å². The van der Waals surface area contributed by atoms with Gasteiger partial charge in [-0.15, -0.1) is 0 Å². The Hall–Kier alpha value is -1.88. The number of carbonyl (C=O) groups is 2. The van der Waals surface area contributed by atoms with E-state index in [2.05, 4.69) is 10.6 Å². The van der Waals surface area contributed by atoms with Crippen LogP contribution in [0.15, 0.2) is 24.3 Å². The Morgan fingerprint density at radius 2 is 2.00 bits per heavy atom. The summed E-state index contributed by atoms with van der Waals surface area (Å²) in [5.74, 6) is -0.209. The molecule has 0 aliphatic carbocycles. The van der Waals surface area contributed by atoms with Gasteiger partial charge < -0.3 is 15.7 Å². The maximum atomic E-state index is 11.6. The summed E-state index contributed by atoms with van der Waals surface area (Å²) >= 11 is 0. The van der Waals surface area contributed by atoms with Crippen LogP contribution in [0.3, 0.4) is 0 Å². The normalized spacial score (nSPS) is 12.0. The lowest BCUT2D eigenvalue weighted by Crippen LogP contribution is -2.31. The largest absolute Gasteiger partial charge is 0.392 e. The van der Waals surface area contributed by atoms with Crippen LogP contribution >= 0.6 is 0 Å². The lowest BCUT2D eigenvalue weighted by atomic mass is 10.0. The Morgan fingerprint density at radius 1 is 1.29 bits per heavy atom. The predicted molar refractivity (Wildman–Crippen MR) is 82.0 cm³/mol. The first-order valence-electron chi connectivity index (χ1n) is 7.19. The monoisotopic (exact) mass is 292 g/mol. The van der Waals surface area contributed by atoms with Gasteiger partial charge in [0.15, 0.2) is 0 Å². The second kappa shape index (κ2) is 8.42. The highest BCUT2D eigenvalue weighted by atomic mass is 16.3. The first-order chi connectivity index (χ1) is 9.93. The van der Waals surface area contributed by atoms with Crippen LogP contribution in [0.1, 0.15) is 36.2 Å². The van der Waals surface area contributed by atoms with Gasteiger partial charge in [-0.25, -0.2) is 0 Å². The molecule has 0 heterocycles. The molecular formula is C16H24N2O3. The fraction of sp³-hybridized carbons (Fsp3) is 0.500. The standard InChI is InChI=1S/C16H24N2O3/c1-11(2)14(19)10-15(20)18-8-7-12-5-4-6-13(9-12)16(21)17-3/h4-6,9,11,14,19H,7-8,10H2,1-3H3,(H,17,21)(H,18,20). The lowest BCUT2D eigenvalue weighted by Gasteiger charge is -2.14. The molecule has 5 heteroatoms. The molecule has 5 nitrogen and oxygen atoms in total. The summed E-state index contributed by atoms with van der Waals surface area (Å²) in [5.41, 5.74) is 1.59. The number of nitrogens with one attached hydrogen (secondary N) is 2. The topological polar surface area (TPSA) is 78.4 Å². The Labute approximate surface area is 125 Å². The maximum Gasteiger partial charge on any atom is 0.251 e. The van der Waals surface area contributed by atoms with Gasteiger partial charge in [-0.1, -0.05) is 26.0 Å². The number of benzene rings is 1. The molecule has 2 amide bonds. The SMILES string of the molecule is CNC(=O)c1cccc(CCNC(=O)CC(O)C(C)C)c1. The Kier molecular flexibility index (Phi) is 6.88. The number of aliphatic hydroxyl groups is 1. The van der Waals surface area contributed by atoms with Crippen molar-refractivity contribution in [2.45, 2.75) is 32.8 Å². The van der Waals surface area contributed by atoms with Crippen molar-refractivity contribution in [3.63, 3.8) is 0 Å². The van der Waals surface area contributed by atoms with E-state index in [0.29, 0.717) is 18.5 Å². The number of carbonyl (C=O) groups excluding carboxylic acids is 2. The van der Waals surface area contributed by atoms with Crippen LogP contribution in [0.4, 0.5) is 0 Å². The quantitative estimate of drug-likeness (QED) is 0.704. The molecule has 3 N–H and O–H groups in total. The number of hydrogen-bond acceptors (Lipinski definition) is 3. The number of amides is 2. The molecule has 21 heavy (non-hydrogen) atoms. The summed E-state index contributed by atoms with van der Waals surface area (Å²) in [5, 5.41) is 15.0. The number of hydrogen-bond donors (Lipinski definition) is 3. The highest BCUT2D eigenvalue weighted by Gasteiger charge is 2.13. The fourth-order valence-electron chi connectivity index (χ4n) is 1.86. The van der Waals surface area contributed by atoms with Crippen LogP contribution < -0.4 is 10.6 Å². The van der Waals surface area contributed by atoms with Crippen molar-refractivity contribution < 1.29 is 14.7 Å². The summed E-state index contributed by atoms with van der Waals surface area (Å²) in [6.45, 7) is 4.24. The molecule has 1 aromatic carbocycles. The molecule has 0 aliphatic rings. The van der Waals surface area contributed by atoms with E-state index in [1.165, 1.54) is 0 Å². The second-order valence-corrected chi connectivity index (χ2v) is 5.39. The first-order valence-corrected chi connectivity index (χ1v) is 7.19. The average molecular weight is 292 g/mol. The Balaban J connectivity index is 2.42. The van der Waals surface area contributed by atoms with Crippen molar-refractivity contribution in [1.82, 2.24) is 10.6 Å². The molecular weight excluding hydrogens is 268 g/mol. The highest BCUT2D eigenvalue weighted by Crippen LogP contribution is 2.07. The second-order valence-electron chi connectivity index (χ2n) is 5.39. The zero-order chi connectivity index (χ0) is 15.8. The van der Waals surface area contributed by atoms with Crippen molar-refractivity contribution >= 4 is 11.8 Å². The fourth-order valence-corrected chi connectivity index (χ4v) is 1.86. The zero-order valence-electron chi connectivity index (χ0n) is 12.8. The van der Waals surface area contributed by atoms with Gasteiger partial charge >= 0.3 is 0 Å². The van der Waals surface area contributed by atoms with Gasteiger partial charge in [-0.2, -0.15) is 0 Å². The molecule has 0 fully saturated rings. The minimum atomic E-state index is -0.610. The Morgan fingerprint density at radius 3 is 2.62 bits per heavy atom. The van der Waals surface area contributed by atoms with Gasteiger partial charge in [0, 0.05) is 19.2 Å². The van der Waals surface area contributed by atoms with E-state index in [1.54, 1.807) is 13.1 Å². The molecule has 0 radical (unpaired) electrons. The smallest absolute Gasteiger partial charge is 0.251 e. The molecule has 0 aromatic heterocycles. The summed E-state index contributed by atoms with van der Waals surface area (Å²) < 4.78 is 0. The van der Waals surface area contributed by atoms with Crippen LogP contribution in [0.5, 0.6) is 0 Å². The van der Waals surface area contributed by atoms with E-state index in [1.807, 2.05) is 32.0 Å². The van der Waals surface area contributed by atoms with E-state index < -0.39 is 6.10 Å². The minimum absolute atomic E-state index is 0.0694. The predicted octanol–water partition coefficient (Wildman–Crippen LogP) is 1.11. The maximum absolute atomic E-state index is 11.6. The molecule has 1 aromatic rings. The summed E-state index contributed by atoms with van der Waals surface area (Å²) in [4.78, 5) is 23.2. The Bertz CT molecular complexity index is 486. The van der Waals surface area contributed by atoms with Crippen molar-refractivity contribution in [2.24, 2.45) is 5.92 Å². The van der Waals surface area contributed by atoms with E-state index in [4.69, 9.17) is 0 Å². The highest BCUT2D eigenvalue weighted by molar-refractivity contribution is 5.94. The number of rotatable bonds is 7. The average Bonchev–Trinajstić information content (AvgIpc) is 2.46. The van der Waals surface area contributed by atoms with Gasteiger partial charge in [0.2, 0.25) is 5.91 Å². The first kappa shape index (κ1) is 17.2. The van der Waals surface area contributed by atoms with Crippen molar-refractivity contribution in [3.05, 3.63) is 35.4 Å².